The molecule has 2 aliphatic heterocycles. The number of anilines is 2. The van der Waals surface area contributed by atoms with Crippen molar-refractivity contribution >= 4 is 17.4 Å². The van der Waals surface area contributed by atoms with Crippen LogP contribution in [-0.4, -0.2) is 29.5 Å². The molecule has 110 valence electrons. The van der Waals surface area contributed by atoms with E-state index in [9.17, 15) is 18.0 Å². The Morgan fingerprint density at radius 3 is 2.76 bits per heavy atom. The normalized spacial score (nSPS) is 24.7. The third-order valence-electron chi connectivity index (χ3n) is 3.63. The molecular formula is C12H10F3N5O. The van der Waals surface area contributed by atoms with Gasteiger partial charge in [-0.1, -0.05) is 0 Å². The maximum Gasteiger partial charge on any atom is 0.433 e. The summed E-state index contributed by atoms with van der Waals surface area (Å²) in [4.78, 5) is 16.7. The number of nitrogens with one attached hydrogen (secondary N) is 2. The number of hydrogen-bond acceptors (Lipinski definition) is 5. The molecule has 0 aromatic carbocycles. The number of carbonyl (C=O) groups is 1. The number of alkyl halides is 3. The molecule has 1 saturated heterocycles. The van der Waals surface area contributed by atoms with Crippen LogP contribution in [0, 0.1) is 11.5 Å². The highest BCUT2D eigenvalue weighted by Crippen LogP contribution is 2.38. The molecule has 2 aliphatic rings. The standard InChI is InChI=1S/C12H10F3N5O/c13-12(14,15)8-2-1-7-9(18-8)19-11(3-4-17-5-11)10(21)20(7)6-16/h1-2,17H,3-5H2,(H,18,19). The van der Waals surface area contributed by atoms with Crippen LogP contribution in [0.2, 0.25) is 0 Å². The molecule has 0 aliphatic carbocycles. The van der Waals surface area contributed by atoms with Crippen LogP contribution >= 0.6 is 0 Å². The minimum atomic E-state index is -4.59. The second-order valence-corrected chi connectivity index (χ2v) is 4.94. The van der Waals surface area contributed by atoms with Crippen LogP contribution < -0.4 is 15.5 Å². The summed E-state index contributed by atoms with van der Waals surface area (Å²) in [5.74, 6) is -0.585. The van der Waals surface area contributed by atoms with E-state index < -0.39 is 23.3 Å². The van der Waals surface area contributed by atoms with Gasteiger partial charge in [0.2, 0.25) is 0 Å². The van der Waals surface area contributed by atoms with Crippen molar-refractivity contribution < 1.29 is 18.0 Å². The van der Waals surface area contributed by atoms with Gasteiger partial charge in [0.1, 0.15) is 16.9 Å². The van der Waals surface area contributed by atoms with Gasteiger partial charge in [0.15, 0.2) is 12.0 Å². The number of fused-ring (bicyclic) bond motifs is 1. The van der Waals surface area contributed by atoms with Crippen LogP contribution in [0.4, 0.5) is 24.7 Å². The highest BCUT2D eigenvalue weighted by atomic mass is 19.4. The Labute approximate surface area is 117 Å². The molecule has 1 spiro atoms. The third-order valence-corrected chi connectivity index (χ3v) is 3.63. The van der Waals surface area contributed by atoms with Crippen molar-refractivity contribution in [2.75, 3.05) is 23.3 Å². The Morgan fingerprint density at radius 2 is 2.19 bits per heavy atom. The van der Waals surface area contributed by atoms with Gasteiger partial charge in [-0.05, 0) is 25.1 Å². The lowest BCUT2D eigenvalue weighted by Crippen LogP contribution is -2.57. The number of carbonyl (C=O) groups excluding carboxylic acids is 1. The predicted molar refractivity (Wildman–Crippen MR) is 66.2 cm³/mol. The fourth-order valence-corrected chi connectivity index (χ4v) is 2.57. The van der Waals surface area contributed by atoms with Crippen LogP contribution in [0.5, 0.6) is 0 Å². The minimum Gasteiger partial charge on any atom is -0.353 e. The SMILES string of the molecule is N#CN1C(=O)C2(CCNC2)Nc2nc(C(F)(F)F)ccc21. The first-order valence-electron chi connectivity index (χ1n) is 6.19. The smallest absolute Gasteiger partial charge is 0.353 e. The summed E-state index contributed by atoms with van der Waals surface area (Å²) in [6.07, 6.45) is -2.50. The summed E-state index contributed by atoms with van der Waals surface area (Å²) in [6.45, 7) is 0.772. The van der Waals surface area contributed by atoms with Crippen molar-refractivity contribution in [1.82, 2.24) is 10.3 Å². The van der Waals surface area contributed by atoms with Gasteiger partial charge in [-0.25, -0.2) is 9.88 Å². The number of pyridine rings is 1. The van der Waals surface area contributed by atoms with E-state index in [-0.39, 0.29) is 18.1 Å². The molecule has 9 heteroatoms. The lowest BCUT2D eigenvalue weighted by atomic mass is 9.94. The van der Waals surface area contributed by atoms with Crippen LogP contribution in [0.25, 0.3) is 0 Å². The zero-order chi connectivity index (χ0) is 15.3. The first-order chi connectivity index (χ1) is 9.87. The predicted octanol–water partition coefficient (Wildman–Crippen LogP) is 1.07. The van der Waals surface area contributed by atoms with Crippen LogP contribution in [-0.2, 0) is 11.0 Å². The Morgan fingerprint density at radius 1 is 1.43 bits per heavy atom. The molecular weight excluding hydrogens is 287 g/mol. The average molecular weight is 297 g/mol. The van der Waals surface area contributed by atoms with E-state index in [1.54, 1.807) is 6.19 Å². The molecule has 3 rings (SSSR count). The number of hydrogen-bond donors (Lipinski definition) is 2. The lowest BCUT2D eigenvalue weighted by molar-refractivity contribution is -0.141. The second-order valence-electron chi connectivity index (χ2n) is 4.94. The highest BCUT2D eigenvalue weighted by Gasteiger charge is 2.49. The maximum absolute atomic E-state index is 12.7. The molecule has 0 radical (unpaired) electrons. The number of nitrogens with zero attached hydrogens (tertiary/aromatic N) is 3. The monoisotopic (exact) mass is 297 g/mol. The fourth-order valence-electron chi connectivity index (χ4n) is 2.57. The fraction of sp³-hybridized carbons (Fsp3) is 0.417. The van der Waals surface area contributed by atoms with E-state index in [0.717, 1.165) is 17.0 Å². The summed E-state index contributed by atoms with van der Waals surface area (Å²) < 4.78 is 38.2. The maximum atomic E-state index is 12.7. The first-order valence-corrected chi connectivity index (χ1v) is 6.19. The van der Waals surface area contributed by atoms with Gasteiger partial charge in [0, 0.05) is 6.54 Å². The second kappa shape index (κ2) is 4.33. The zero-order valence-electron chi connectivity index (χ0n) is 10.7. The first kappa shape index (κ1) is 13.6. The van der Waals surface area contributed by atoms with Crippen LogP contribution in [0.1, 0.15) is 12.1 Å². The number of halogens is 3. The van der Waals surface area contributed by atoms with Crippen molar-refractivity contribution in [2.24, 2.45) is 0 Å². The number of rotatable bonds is 0. The Bertz CT molecular complexity index is 645. The Hall–Kier alpha value is -2.34. The van der Waals surface area contributed by atoms with Gasteiger partial charge in [0.05, 0.1) is 0 Å². The molecule has 1 unspecified atom stereocenters. The van der Waals surface area contributed by atoms with Gasteiger partial charge in [-0.15, -0.1) is 0 Å². The number of amides is 1. The molecule has 1 aromatic rings. The molecule has 6 nitrogen and oxygen atoms in total. The van der Waals surface area contributed by atoms with Crippen LogP contribution in [0.3, 0.4) is 0 Å². The average Bonchev–Trinajstić information content (AvgIpc) is 2.88. The van der Waals surface area contributed by atoms with E-state index in [1.165, 1.54) is 0 Å². The van der Waals surface area contributed by atoms with Crippen molar-refractivity contribution in [3.05, 3.63) is 17.8 Å². The van der Waals surface area contributed by atoms with Gasteiger partial charge in [-0.3, -0.25) is 4.79 Å². The Balaban J connectivity index is 2.11. The molecule has 1 fully saturated rings. The third kappa shape index (κ3) is 1.99. The van der Waals surface area contributed by atoms with Crippen molar-refractivity contribution in [3.63, 3.8) is 0 Å². The number of nitriles is 1. The lowest BCUT2D eigenvalue weighted by Gasteiger charge is -2.37. The van der Waals surface area contributed by atoms with Gasteiger partial charge in [-0.2, -0.15) is 18.4 Å². The Kier molecular flexibility index (Phi) is 2.81. The van der Waals surface area contributed by atoms with Gasteiger partial charge in [0.25, 0.3) is 5.91 Å². The van der Waals surface area contributed by atoms with Crippen molar-refractivity contribution in [3.8, 4) is 6.19 Å². The number of aromatic nitrogens is 1. The highest BCUT2D eigenvalue weighted by molar-refractivity contribution is 6.09. The topological polar surface area (TPSA) is 81.0 Å². The van der Waals surface area contributed by atoms with E-state index in [4.69, 9.17) is 5.26 Å². The van der Waals surface area contributed by atoms with E-state index in [1.807, 2.05) is 0 Å². The molecule has 2 N–H and O–H groups in total. The summed E-state index contributed by atoms with van der Waals surface area (Å²) in [7, 11) is 0. The zero-order valence-corrected chi connectivity index (χ0v) is 10.7. The van der Waals surface area contributed by atoms with E-state index in [0.29, 0.717) is 13.0 Å². The largest absolute Gasteiger partial charge is 0.433 e. The molecule has 0 saturated carbocycles. The van der Waals surface area contributed by atoms with Crippen molar-refractivity contribution in [1.29, 1.82) is 5.26 Å². The summed E-state index contributed by atoms with van der Waals surface area (Å²) in [6, 6.07) is 1.83. The van der Waals surface area contributed by atoms with E-state index >= 15 is 0 Å². The summed E-state index contributed by atoms with van der Waals surface area (Å²) in [5, 5.41) is 14.9. The molecule has 1 atom stereocenters. The molecule has 3 heterocycles. The quantitative estimate of drug-likeness (QED) is 0.700. The molecule has 1 aromatic heterocycles. The van der Waals surface area contributed by atoms with Gasteiger partial charge >= 0.3 is 6.18 Å². The minimum absolute atomic E-state index is 0.0352. The molecule has 0 bridgehead atoms. The summed E-state index contributed by atoms with van der Waals surface area (Å²) in [5.41, 5.74) is -2.14. The van der Waals surface area contributed by atoms with Gasteiger partial charge < -0.3 is 10.6 Å². The molecule has 1 amide bonds. The summed E-state index contributed by atoms with van der Waals surface area (Å²) >= 11 is 0. The van der Waals surface area contributed by atoms with Crippen LogP contribution in [0.15, 0.2) is 12.1 Å². The van der Waals surface area contributed by atoms with E-state index in [2.05, 4.69) is 15.6 Å². The van der Waals surface area contributed by atoms with Crippen molar-refractivity contribution in [2.45, 2.75) is 18.1 Å². The molecule has 21 heavy (non-hydrogen) atoms.